The van der Waals surface area contributed by atoms with E-state index in [-0.39, 0.29) is 0 Å². The van der Waals surface area contributed by atoms with E-state index in [2.05, 4.69) is 13.8 Å². The van der Waals surface area contributed by atoms with Gasteiger partial charge in [-0.2, -0.15) is 0 Å². The lowest BCUT2D eigenvalue weighted by atomic mass is 9.98. The van der Waals surface area contributed by atoms with Crippen LogP contribution in [0.5, 0.6) is 0 Å². The van der Waals surface area contributed by atoms with E-state index in [0.29, 0.717) is 13.2 Å². The molecule has 0 aromatic carbocycles. The average Bonchev–Trinajstić information content (AvgIpc) is 2.87. The Morgan fingerprint density at radius 2 is 0.865 bits per heavy atom. The van der Waals surface area contributed by atoms with Crippen molar-refractivity contribution in [3.63, 3.8) is 0 Å². The van der Waals surface area contributed by atoms with Crippen LogP contribution in [0, 0.1) is 0 Å². The highest BCUT2D eigenvalue weighted by Gasteiger charge is 2.49. The minimum atomic E-state index is -1.39. The highest BCUT2D eigenvalue weighted by atomic mass is 16.8. The fourth-order valence-corrected chi connectivity index (χ4v) is 5.03. The van der Waals surface area contributed by atoms with Gasteiger partial charge in [0.25, 0.3) is 0 Å². The first kappa shape index (κ1) is 32.8. The van der Waals surface area contributed by atoms with Crippen molar-refractivity contribution in [1.29, 1.82) is 0 Å². The van der Waals surface area contributed by atoms with E-state index in [1.54, 1.807) is 13.8 Å². The zero-order valence-electron chi connectivity index (χ0n) is 23.5. The molecule has 10 atom stereocenters. The second-order valence-electron chi connectivity index (χ2n) is 10.7. The molecule has 220 valence electrons. The number of hydrogen-bond donors (Lipinski definition) is 4. The van der Waals surface area contributed by atoms with Crippen LogP contribution in [0.25, 0.3) is 0 Å². The van der Waals surface area contributed by atoms with Gasteiger partial charge in [-0.3, -0.25) is 0 Å². The molecule has 2 saturated heterocycles. The molecule has 0 aromatic rings. The number of rotatable bonds is 18. The Morgan fingerprint density at radius 3 is 1.24 bits per heavy atom. The molecule has 2 aliphatic heterocycles. The third-order valence-corrected chi connectivity index (χ3v) is 7.44. The van der Waals surface area contributed by atoms with Crippen LogP contribution >= 0.6 is 0 Å². The van der Waals surface area contributed by atoms with Crippen LogP contribution in [0.4, 0.5) is 0 Å². The topological polar surface area (TPSA) is 127 Å². The smallest absolute Gasteiger partial charge is 0.189 e. The van der Waals surface area contributed by atoms with Crippen molar-refractivity contribution in [2.75, 3.05) is 13.2 Å². The summed E-state index contributed by atoms with van der Waals surface area (Å²) in [7, 11) is 0. The Kier molecular flexibility index (Phi) is 16.0. The Bertz CT molecular complexity index is 532. The minimum absolute atomic E-state index is 0.480. The molecule has 37 heavy (non-hydrogen) atoms. The molecule has 0 amide bonds. The Balaban J connectivity index is 1.76. The molecule has 0 aliphatic carbocycles. The first-order valence-electron chi connectivity index (χ1n) is 14.7. The van der Waals surface area contributed by atoms with E-state index < -0.39 is 61.4 Å². The number of hydrogen-bond acceptors (Lipinski definition) is 9. The Hall–Kier alpha value is -0.360. The predicted molar refractivity (Wildman–Crippen MR) is 140 cm³/mol. The van der Waals surface area contributed by atoms with Crippen LogP contribution < -0.4 is 0 Å². The van der Waals surface area contributed by atoms with Crippen LogP contribution in [0.15, 0.2) is 0 Å². The van der Waals surface area contributed by atoms with Crippen molar-refractivity contribution >= 4 is 0 Å². The average molecular weight is 535 g/mol. The molecule has 0 bridgehead atoms. The highest BCUT2D eigenvalue weighted by Crippen LogP contribution is 2.30. The summed E-state index contributed by atoms with van der Waals surface area (Å²) < 4.78 is 29.0. The second-order valence-corrected chi connectivity index (χ2v) is 10.7. The fourth-order valence-electron chi connectivity index (χ4n) is 5.03. The van der Waals surface area contributed by atoms with Gasteiger partial charge in [0, 0.05) is 13.2 Å². The van der Waals surface area contributed by atoms with Gasteiger partial charge in [-0.05, 0) is 26.7 Å². The van der Waals surface area contributed by atoms with Crippen LogP contribution in [-0.2, 0) is 23.7 Å². The first-order chi connectivity index (χ1) is 17.8. The predicted octanol–water partition coefficient (Wildman–Crippen LogP) is 3.43. The van der Waals surface area contributed by atoms with Crippen molar-refractivity contribution in [1.82, 2.24) is 0 Å². The van der Waals surface area contributed by atoms with E-state index in [0.717, 1.165) is 38.5 Å². The monoisotopic (exact) mass is 534 g/mol. The quantitative estimate of drug-likeness (QED) is 0.196. The lowest BCUT2D eigenvalue weighted by molar-refractivity contribution is -0.374. The van der Waals surface area contributed by atoms with E-state index in [1.807, 2.05) is 0 Å². The van der Waals surface area contributed by atoms with Gasteiger partial charge >= 0.3 is 0 Å². The van der Waals surface area contributed by atoms with Gasteiger partial charge in [-0.25, -0.2) is 0 Å². The van der Waals surface area contributed by atoms with E-state index in [4.69, 9.17) is 23.7 Å². The van der Waals surface area contributed by atoms with E-state index >= 15 is 0 Å². The van der Waals surface area contributed by atoms with Crippen molar-refractivity contribution < 1.29 is 44.1 Å². The number of aliphatic hydroxyl groups is 4. The summed E-state index contributed by atoms with van der Waals surface area (Å²) >= 11 is 0. The van der Waals surface area contributed by atoms with Crippen molar-refractivity contribution in [3.05, 3.63) is 0 Å². The van der Waals surface area contributed by atoms with Crippen LogP contribution in [0.2, 0.25) is 0 Å². The van der Waals surface area contributed by atoms with E-state index in [9.17, 15) is 20.4 Å². The molecular formula is C28H54O9. The first-order valence-corrected chi connectivity index (χ1v) is 14.7. The maximum Gasteiger partial charge on any atom is 0.189 e. The maximum atomic E-state index is 10.7. The summed E-state index contributed by atoms with van der Waals surface area (Å²) in [4.78, 5) is 0. The molecule has 0 saturated carbocycles. The SMILES string of the molecule is CCCCCCCCO[C@H]1[C@@H](O)[C@@H](O)[C@@H](OC2O[C@H](C)[C@@H](OCCCCCCCC)[C@H](O)[C@H]2O)O[C@@H]1C. The highest BCUT2D eigenvalue weighted by molar-refractivity contribution is 4.92. The van der Waals surface area contributed by atoms with Gasteiger partial charge in [0.2, 0.25) is 0 Å². The van der Waals surface area contributed by atoms with Crippen LogP contribution in [-0.4, -0.2) is 95.1 Å². The molecule has 4 N–H and O–H groups in total. The van der Waals surface area contributed by atoms with Gasteiger partial charge in [0.15, 0.2) is 12.6 Å². The summed E-state index contributed by atoms with van der Waals surface area (Å²) in [5, 5.41) is 42.6. The molecular weight excluding hydrogens is 480 g/mol. The summed E-state index contributed by atoms with van der Waals surface area (Å²) in [5.74, 6) is 0. The van der Waals surface area contributed by atoms with Gasteiger partial charge < -0.3 is 44.1 Å². The van der Waals surface area contributed by atoms with Gasteiger partial charge in [0.1, 0.15) is 36.6 Å². The van der Waals surface area contributed by atoms with Crippen LogP contribution in [0.3, 0.4) is 0 Å². The van der Waals surface area contributed by atoms with Crippen molar-refractivity contribution in [3.8, 4) is 0 Å². The van der Waals surface area contributed by atoms with Crippen LogP contribution in [0.1, 0.15) is 105 Å². The van der Waals surface area contributed by atoms with Crippen molar-refractivity contribution in [2.45, 2.75) is 166 Å². The summed E-state index contributed by atoms with van der Waals surface area (Å²) in [6.07, 6.45) is 3.38. The van der Waals surface area contributed by atoms with Gasteiger partial charge in [-0.1, -0.05) is 78.1 Å². The lowest BCUT2D eigenvalue weighted by Gasteiger charge is -2.45. The van der Waals surface area contributed by atoms with Gasteiger partial charge in [-0.15, -0.1) is 0 Å². The molecule has 2 rings (SSSR count). The molecule has 9 heteroatoms. The number of ether oxygens (including phenoxy) is 5. The van der Waals surface area contributed by atoms with Crippen molar-refractivity contribution in [2.24, 2.45) is 0 Å². The molecule has 2 fully saturated rings. The normalized spacial score (nSPS) is 36.6. The summed E-state index contributed by atoms with van der Waals surface area (Å²) in [5.41, 5.74) is 0. The molecule has 0 spiro atoms. The second kappa shape index (κ2) is 18.1. The summed E-state index contributed by atoms with van der Waals surface area (Å²) in [6, 6.07) is 0. The molecule has 2 heterocycles. The zero-order valence-corrected chi connectivity index (χ0v) is 23.5. The zero-order chi connectivity index (χ0) is 27.2. The lowest BCUT2D eigenvalue weighted by Crippen LogP contribution is -2.63. The molecule has 0 aromatic heterocycles. The Labute approximate surface area is 223 Å². The number of unbranched alkanes of at least 4 members (excludes halogenated alkanes) is 10. The fraction of sp³-hybridized carbons (Fsp3) is 1.00. The third-order valence-electron chi connectivity index (χ3n) is 7.44. The van der Waals surface area contributed by atoms with Gasteiger partial charge in [0.05, 0.1) is 12.2 Å². The number of aliphatic hydroxyl groups excluding tert-OH is 4. The molecule has 1 unspecified atom stereocenters. The minimum Gasteiger partial charge on any atom is -0.387 e. The molecule has 0 radical (unpaired) electrons. The third kappa shape index (κ3) is 10.6. The molecule has 9 nitrogen and oxygen atoms in total. The van der Waals surface area contributed by atoms with E-state index in [1.165, 1.54) is 38.5 Å². The summed E-state index contributed by atoms with van der Waals surface area (Å²) in [6.45, 7) is 8.83. The standard InChI is InChI=1S/C28H54O9/c1-5-7-9-11-13-15-17-33-25-19(3)35-27(23(31)21(25)29)37-28-24(32)22(30)26(20(4)36-28)34-18-16-14-12-10-8-6-2/h19-32H,5-18H2,1-4H3/t19-,20-,21-,22+,23-,24-,25-,26-,27?,28-/m1/s1. The Morgan fingerprint density at radius 1 is 0.514 bits per heavy atom. The largest absolute Gasteiger partial charge is 0.387 e. The molecule has 2 aliphatic rings. The maximum absolute atomic E-state index is 10.7.